The standard InChI is InChI=1S/C7H8N2O2/c1-4-8-9-7(11-4)5-2-6(10)3-5/h5H,2-3H2,1H3. The van der Waals surface area contributed by atoms with Gasteiger partial charge in [-0.1, -0.05) is 0 Å². The lowest BCUT2D eigenvalue weighted by molar-refractivity contribution is -0.125. The Balaban J connectivity index is 2.12. The van der Waals surface area contributed by atoms with E-state index in [2.05, 4.69) is 10.2 Å². The van der Waals surface area contributed by atoms with E-state index in [9.17, 15) is 4.79 Å². The molecule has 0 atom stereocenters. The van der Waals surface area contributed by atoms with E-state index in [1.54, 1.807) is 6.92 Å². The first-order chi connectivity index (χ1) is 5.25. The third-order valence-electron chi connectivity index (χ3n) is 1.84. The summed E-state index contributed by atoms with van der Waals surface area (Å²) >= 11 is 0. The molecule has 4 nitrogen and oxygen atoms in total. The summed E-state index contributed by atoms with van der Waals surface area (Å²) in [5, 5.41) is 7.52. The Morgan fingerprint density at radius 3 is 2.64 bits per heavy atom. The van der Waals surface area contributed by atoms with E-state index in [1.807, 2.05) is 0 Å². The monoisotopic (exact) mass is 152 g/mol. The van der Waals surface area contributed by atoms with Crippen LogP contribution in [0.25, 0.3) is 0 Å². The molecule has 4 heteroatoms. The van der Waals surface area contributed by atoms with Crippen molar-refractivity contribution in [2.75, 3.05) is 0 Å². The molecule has 0 N–H and O–H groups in total. The summed E-state index contributed by atoms with van der Waals surface area (Å²) in [6.45, 7) is 1.75. The number of Topliss-reactive ketones (excluding diaryl/α,β-unsaturated/α-hetero) is 1. The Hall–Kier alpha value is -1.19. The molecule has 0 saturated heterocycles. The molecule has 1 saturated carbocycles. The molecule has 1 aliphatic carbocycles. The Morgan fingerprint density at radius 1 is 1.45 bits per heavy atom. The average molecular weight is 152 g/mol. The SMILES string of the molecule is Cc1nnc(C2CC(=O)C2)o1. The molecule has 0 spiro atoms. The van der Waals surface area contributed by atoms with Crippen molar-refractivity contribution in [1.29, 1.82) is 0 Å². The molecule has 2 rings (SSSR count). The molecule has 11 heavy (non-hydrogen) atoms. The van der Waals surface area contributed by atoms with Crippen molar-refractivity contribution in [3.05, 3.63) is 11.8 Å². The van der Waals surface area contributed by atoms with Crippen LogP contribution in [0.1, 0.15) is 30.5 Å². The van der Waals surface area contributed by atoms with Crippen LogP contribution in [0.4, 0.5) is 0 Å². The van der Waals surface area contributed by atoms with Crippen molar-refractivity contribution in [2.45, 2.75) is 25.7 Å². The van der Waals surface area contributed by atoms with Gasteiger partial charge in [0.15, 0.2) is 0 Å². The number of carbonyl (C=O) groups excluding carboxylic acids is 1. The second kappa shape index (κ2) is 2.15. The number of hydrogen-bond acceptors (Lipinski definition) is 4. The zero-order chi connectivity index (χ0) is 7.84. The largest absolute Gasteiger partial charge is 0.425 e. The zero-order valence-corrected chi connectivity index (χ0v) is 6.20. The molecule has 1 aliphatic rings. The maximum Gasteiger partial charge on any atom is 0.220 e. The van der Waals surface area contributed by atoms with Crippen molar-refractivity contribution in [3.8, 4) is 0 Å². The van der Waals surface area contributed by atoms with Gasteiger partial charge in [0.1, 0.15) is 5.78 Å². The van der Waals surface area contributed by atoms with Crippen molar-refractivity contribution < 1.29 is 9.21 Å². The van der Waals surface area contributed by atoms with Crippen molar-refractivity contribution in [3.63, 3.8) is 0 Å². The van der Waals surface area contributed by atoms with Crippen LogP contribution in [0.15, 0.2) is 4.42 Å². The van der Waals surface area contributed by atoms with Crippen LogP contribution < -0.4 is 0 Å². The summed E-state index contributed by atoms with van der Waals surface area (Å²) in [7, 11) is 0. The van der Waals surface area contributed by atoms with Gasteiger partial charge < -0.3 is 4.42 Å². The predicted molar refractivity (Wildman–Crippen MR) is 36.0 cm³/mol. The molecule has 1 fully saturated rings. The average Bonchev–Trinajstić information content (AvgIpc) is 2.29. The van der Waals surface area contributed by atoms with Crippen molar-refractivity contribution in [1.82, 2.24) is 10.2 Å². The minimum Gasteiger partial charge on any atom is -0.425 e. The molecule has 0 bridgehead atoms. The van der Waals surface area contributed by atoms with E-state index in [-0.39, 0.29) is 11.7 Å². The highest BCUT2D eigenvalue weighted by molar-refractivity contribution is 5.85. The van der Waals surface area contributed by atoms with E-state index >= 15 is 0 Å². The molecule has 1 heterocycles. The third-order valence-corrected chi connectivity index (χ3v) is 1.84. The summed E-state index contributed by atoms with van der Waals surface area (Å²) in [6, 6.07) is 0. The lowest BCUT2D eigenvalue weighted by Crippen LogP contribution is -2.21. The number of rotatable bonds is 1. The van der Waals surface area contributed by atoms with Gasteiger partial charge in [-0.15, -0.1) is 10.2 Å². The second-order valence-electron chi connectivity index (χ2n) is 2.80. The maximum absolute atomic E-state index is 10.6. The van der Waals surface area contributed by atoms with Gasteiger partial charge in [-0.2, -0.15) is 0 Å². The number of ketones is 1. The Bertz CT molecular complexity index is 284. The number of carbonyl (C=O) groups is 1. The Morgan fingerprint density at radius 2 is 2.18 bits per heavy atom. The third kappa shape index (κ3) is 1.04. The van der Waals surface area contributed by atoms with Crippen LogP contribution in [0, 0.1) is 6.92 Å². The van der Waals surface area contributed by atoms with Crippen molar-refractivity contribution >= 4 is 5.78 Å². The first kappa shape index (κ1) is 6.52. The molecule has 0 aromatic carbocycles. The van der Waals surface area contributed by atoms with E-state index in [0.29, 0.717) is 24.6 Å². The maximum atomic E-state index is 10.6. The number of aryl methyl sites for hydroxylation is 1. The molecular weight excluding hydrogens is 144 g/mol. The molecule has 0 unspecified atom stereocenters. The van der Waals surface area contributed by atoms with Gasteiger partial charge in [-0.25, -0.2) is 0 Å². The van der Waals surface area contributed by atoms with E-state index in [4.69, 9.17) is 4.42 Å². The fraction of sp³-hybridized carbons (Fsp3) is 0.571. The van der Waals surface area contributed by atoms with Crippen LogP contribution in [0.5, 0.6) is 0 Å². The number of nitrogens with zero attached hydrogens (tertiary/aromatic N) is 2. The van der Waals surface area contributed by atoms with Gasteiger partial charge in [0, 0.05) is 19.8 Å². The lowest BCUT2D eigenvalue weighted by atomic mass is 9.84. The van der Waals surface area contributed by atoms with Crippen LogP contribution in [-0.2, 0) is 4.79 Å². The molecular formula is C7H8N2O2. The predicted octanol–water partition coefficient (Wildman–Crippen LogP) is 0.825. The molecule has 58 valence electrons. The second-order valence-corrected chi connectivity index (χ2v) is 2.80. The van der Waals surface area contributed by atoms with Crippen LogP contribution in [-0.4, -0.2) is 16.0 Å². The summed E-state index contributed by atoms with van der Waals surface area (Å²) in [6.07, 6.45) is 1.14. The topological polar surface area (TPSA) is 56.0 Å². The minimum atomic E-state index is 0.198. The van der Waals surface area contributed by atoms with Gasteiger partial charge in [0.25, 0.3) is 0 Å². The van der Waals surface area contributed by atoms with Crippen LogP contribution >= 0.6 is 0 Å². The fourth-order valence-electron chi connectivity index (χ4n) is 1.14. The Kier molecular flexibility index (Phi) is 1.27. The van der Waals surface area contributed by atoms with Gasteiger partial charge in [0.2, 0.25) is 11.8 Å². The van der Waals surface area contributed by atoms with E-state index < -0.39 is 0 Å². The molecule has 0 radical (unpaired) electrons. The lowest BCUT2D eigenvalue weighted by Gasteiger charge is -2.19. The zero-order valence-electron chi connectivity index (χ0n) is 6.20. The quantitative estimate of drug-likeness (QED) is 0.597. The van der Waals surface area contributed by atoms with E-state index in [0.717, 1.165) is 0 Å². The number of aromatic nitrogens is 2. The highest BCUT2D eigenvalue weighted by Gasteiger charge is 2.31. The van der Waals surface area contributed by atoms with Crippen LogP contribution in [0.3, 0.4) is 0 Å². The normalized spacial score (nSPS) is 18.5. The Labute approximate surface area is 63.6 Å². The summed E-state index contributed by atoms with van der Waals surface area (Å²) < 4.78 is 5.16. The smallest absolute Gasteiger partial charge is 0.220 e. The molecule has 0 amide bonds. The van der Waals surface area contributed by atoms with Gasteiger partial charge >= 0.3 is 0 Å². The summed E-state index contributed by atoms with van der Waals surface area (Å²) in [4.78, 5) is 10.6. The molecule has 1 aromatic rings. The number of hydrogen-bond donors (Lipinski definition) is 0. The van der Waals surface area contributed by atoms with Crippen LogP contribution in [0.2, 0.25) is 0 Å². The fourth-order valence-corrected chi connectivity index (χ4v) is 1.14. The molecule has 0 aliphatic heterocycles. The van der Waals surface area contributed by atoms with Crippen molar-refractivity contribution in [2.24, 2.45) is 0 Å². The highest BCUT2D eigenvalue weighted by Crippen LogP contribution is 2.32. The van der Waals surface area contributed by atoms with E-state index in [1.165, 1.54) is 0 Å². The molecule has 1 aromatic heterocycles. The van der Waals surface area contributed by atoms with Gasteiger partial charge in [0.05, 0.1) is 5.92 Å². The highest BCUT2D eigenvalue weighted by atomic mass is 16.4. The van der Waals surface area contributed by atoms with Gasteiger partial charge in [-0.05, 0) is 0 Å². The van der Waals surface area contributed by atoms with Gasteiger partial charge in [-0.3, -0.25) is 4.79 Å². The minimum absolute atomic E-state index is 0.198. The first-order valence-electron chi connectivity index (χ1n) is 3.57. The first-order valence-corrected chi connectivity index (χ1v) is 3.57. The summed E-state index contributed by atoms with van der Waals surface area (Å²) in [5.41, 5.74) is 0. The summed E-state index contributed by atoms with van der Waals surface area (Å²) in [5.74, 6) is 1.66.